The van der Waals surface area contributed by atoms with Gasteiger partial charge in [0.05, 0.1) is 0 Å². The van der Waals surface area contributed by atoms with Gasteiger partial charge in [-0.05, 0) is 65.1 Å². The molecule has 2 aromatic carbocycles. The Bertz CT molecular complexity index is 604. The second kappa shape index (κ2) is 8.09. The number of amides is 1. The first-order valence-corrected chi connectivity index (χ1v) is 7.67. The molecule has 0 radical (unpaired) electrons. The molecule has 0 atom stereocenters. The van der Waals surface area contributed by atoms with Crippen LogP contribution in [-0.4, -0.2) is 19.3 Å². The van der Waals surface area contributed by atoms with Crippen molar-refractivity contribution in [2.75, 3.05) is 18.5 Å². The first-order chi connectivity index (χ1) is 10.1. The minimum absolute atomic E-state index is 0.165. The van der Waals surface area contributed by atoms with Crippen molar-refractivity contribution >= 4 is 46.0 Å². The monoisotopic (exact) mass is 417 g/mol. The summed E-state index contributed by atoms with van der Waals surface area (Å²) in [5, 5.41) is 3.14. The lowest BCUT2D eigenvalue weighted by molar-refractivity contribution is 0.138. The third-order valence-corrected chi connectivity index (χ3v) is 3.42. The summed E-state index contributed by atoms with van der Waals surface area (Å²) in [4.78, 5) is 11.5. The summed E-state index contributed by atoms with van der Waals surface area (Å²) in [6, 6.07) is 14.5. The minimum atomic E-state index is -0.538. The highest BCUT2D eigenvalue weighted by Crippen LogP contribution is 2.15. The molecule has 21 heavy (non-hydrogen) atoms. The molecule has 0 aliphatic heterocycles. The topological polar surface area (TPSA) is 47.6 Å². The summed E-state index contributed by atoms with van der Waals surface area (Å²) in [6.07, 6.45) is -0.538. The van der Waals surface area contributed by atoms with Crippen LogP contribution >= 0.6 is 34.2 Å². The molecule has 4 nitrogen and oxygen atoms in total. The van der Waals surface area contributed by atoms with Crippen molar-refractivity contribution in [3.05, 3.63) is 57.1 Å². The Morgan fingerprint density at radius 1 is 1.14 bits per heavy atom. The molecule has 0 aliphatic carbocycles. The predicted molar refractivity (Wildman–Crippen MR) is 91.1 cm³/mol. The fourth-order valence-corrected chi connectivity index (χ4v) is 2.09. The van der Waals surface area contributed by atoms with Gasteiger partial charge in [0.2, 0.25) is 0 Å². The maximum absolute atomic E-state index is 11.5. The first-order valence-electron chi connectivity index (χ1n) is 6.21. The smallest absolute Gasteiger partial charge is 0.411 e. The molecule has 0 saturated carbocycles. The van der Waals surface area contributed by atoms with Gasteiger partial charge < -0.3 is 9.47 Å². The number of hydrogen-bond donors (Lipinski definition) is 1. The summed E-state index contributed by atoms with van der Waals surface area (Å²) in [6.45, 7) is 0.460. The SMILES string of the molecule is O=C(Nc1cccc(Cl)c1)OCCOc1ccc(I)cc1. The lowest BCUT2D eigenvalue weighted by atomic mass is 10.3. The van der Waals surface area contributed by atoms with Crippen LogP contribution in [0.25, 0.3) is 0 Å². The Balaban J connectivity index is 1.68. The summed E-state index contributed by atoms with van der Waals surface area (Å²) in [5.41, 5.74) is 0.589. The molecule has 1 N–H and O–H groups in total. The van der Waals surface area contributed by atoms with E-state index >= 15 is 0 Å². The maximum Gasteiger partial charge on any atom is 0.411 e. The molecule has 110 valence electrons. The van der Waals surface area contributed by atoms with E-state index in [4.69, 9.17) is 21.1 Å². The van der Waals surface area contributed by atoms with Crippen LogP contribution in [0.3, 0.4) is 0 Å². The van der Waals surface area contributed by atoms with Gasteiger partial charge in [-0.1, -0.05) is 17.7 Å². The molecule has 0 bridgehead atoms. The average Bonchev–Trinajstić information content (AvgIpc) is 2.45. The third-order valence-electron chi connectivity index (χ3n) is 2.47. The van der Waals surface area contributed by atoms with Gasteiger partial charge in [-0.2, -0.15) is 0 Å². The number of rotatable bonds is 5. The molecule has 2 aromatic rings. The van der Waals surface area contributed by atoms with Crippen LogP contribution in [-0.2, 0) is 4.74 Å². The van der Waals surface area contributed by atoms with E-state index in [0.717, 1.165) is 9.32 Å². The molecular weight excluding hydrogens is 405 g/mol. The first kappa shape index (κ1) is 15.9. The van der Waals surface area contributed by atoms with Crippen LogP contribution < -0.4 is 10.1 Å². The largest absolute Gasteiger partial charge is 0.490 e. The number of anilines is 1. The Morgan fingerprint density at radius 2 is 1.90 bits per heavy atom. The fourth-order valence-electron chi connectivity index (χ4n) is 1.54. The van der Waals surface area contributed by atoms with Gasteiger partial charge >= 0.3 is 6.09 Å². The van der Waals surface area contributed by atoms with Crippen LogP contribution in [0.4, 0.5) is 10.5 Å². The van der Waals surface area contributed by atoms with Gasteiger partial charge in [-0.25, -0.2) is 4.79 Å². The molecule has 0 saturated heterocycles. The molecule has 0 heterocycles. The molecule has 0 unspecified atom stereocenters. The van der Waals surface area contributed by atoms with E-state index in [0.29, 0.717) is 17.3 Å². The number of ether oxygens (including phenoxy) is 2. The number of nitrogens with one attached hydrogen (secondary N) is 1. The van der Waals surface area contributed by atoms with E-state index in [1.165, 1.54) is 0 Å². The second-order valence-electron chi connectivity index (χ2n) is 4.07. The average molecular weight is 418 g/mol. The Kier molecular flexibility index (Phi) is 6.13. The lowest BCUT2D eigenvalue weighted by Crippen LogP contribution is -2.17. The molecule has 0 fully saturated rings. The Morgan fingerprint density at radius 3 is 2.62 bits per heavy atom. The van der Waals surface area contributed by atoms with Crippen molar-refractivity contribution in [1.29, 1.82) is 0 Å². The number of halogens is 2. The molecule has 0 aromatic heterocycles. The third kappa shape index (κ3) is 5.81. The zero-order valence-corrected chi connectivity index (χ0v) is 13.9. The van der Waals surface area contributed by atoms with Crippen molar-refractivity contribution in [2.45, 2.75) is 0 Å². The maximum atomic E-state index is 11.5. The number of carbonyl (C=O) groups is 1. The van der Waals surface area contributed by atoms with E-state index in [-0.39, 0.29) is 6.61 Å². The van der Waals surface area contributed by atoms with Crippen molar-refractivity contribution in [3.63, 3.8) is 0 Å². The van der Waals surface area contributed by atoms with Crippen molar-refractivity contribution in [1.82, 2.24) is 0 Å². The highest BCUT2D eigenvalue weighted by Gasteiger charge is 2.03. The molecular formula is C15H13ClINO3. The second-order valence-corrected chi connectivity index (χ2v) is 5.76. The summed E-state index contributed by atoms with van der Waals surface area (Å²) in [7, 11) is 0. The lowest BCUT2D eigenvalue weighted by Gasteiger charge is -2.08. The van der Waals surface area contributed by atoms with Gasteiger partial charge in [-0.3, -0.25) is 5.32 Å². The highest BCUT2D eigenvalue weighted by molar-refractivity contribution is 14.1. The van der Waals surface area contributed by atoms with Crippen LogP contribution in [0.2, 0.25) is 5.02 Å². The molecule has 2 rings (SSSR count). The molecule has 0 spiro atoms. The van der Waals surface area contributed by atoms with Crippen molar-refractivity contribution in [3.8, 4) is 5.75 Å². The van der Waals surface area contributed by atoms with Gasteiger partial charge in [0.1, 0.15) is 19.0 Å². The standard InChI is InChI=1S/C15H13ClINO3/c16-11-2-1-3-13(10-11)18-15(19)21-9-8-20-14-6-4-12(17)5-7-14/h1-7,10H,8-9H2,(H,18,19). The van der Waals surface area contributed by atoms with Crippen LogP contribution in [0, 0.1) is 3.57 Å². The fraction of sp³-hybridized carbons (Fsp3) is 0.133. The van der Waals surface area contributed by atoms with Crippen LogP contribution in [0.5, 0.6) is 5.75 Å². The molecule has 0 aliphatic rings. The van der Waals surface area contributed by atoms with Crippen molar-refractivity contribution in [2.24, 2.45) is 0 Å². The zero-order chi connectivity index (χ0) is 15.1. The van der Waals surface area contributed by atoms with Gasteiger partial charge in [-0.15, -0.1) is 0 Å². The van der Waals surface area contributed by atoms with Crippen LogP contribution in [0.1, 0.15) is 0 Å². The number of benzene rings is 2. The normalized spacial score (nSPS) is 10.0. The van der Waals surface area contributed by atoms with Gasteiger partial charge in [0.25, 0.3) is 0 Å². The Hall–Kier alpha value is -1.47. The minimum Gasteiger partial charge on any atom is -0.490 e. The Labute approximate surface area is 141 Å². The van der Waals surface area contributed by atoms with Gasteiger partial charge in [0.15, 0.2) is 0 Å². The molecule has 6 heteroatoms. The van der Waals surface area contributed by atoms with E-state index < -0.39 is 6.09 Å². The number of carbonyl (C=O) groups excluding carboxylic acids is 1. The van der Waals surface area contributed by atoms with Crippen molar-refractivity contribution < 1.29 is 14.3 Å². The molecule has 1 amide bonds. The van der Waals surface area contributed by atoms with Gasteiger partial charge in [0, 0.05) is 14.3 Å². The highest BCUT2D eigenvalue weighted by atomic mass is 127. The van der Waals surface area contributed by atoms with E-state index in [9.17, 15) is 4.79 Å². The van der Waals surface area contributed by atoms with E-state index in [2.05, 4.69) is 27.9 Å². The number of hydrogen-bond acceptors (Lipinski definition) is 3. The quantitative estimate of drug-likeness (QED) is 0.572. The summed E-state index contributed by atoms with van der Waals surface area (Å²) >= 11 is 8.04. The van der Waals surface area contributed by atoms with E-state index in [1.807, 2.05) is 24.3 Å². The predicted octanol–water partition coefficient (Wildman–Crippen LogP) is 4.57. The van der Waals surface area contributed by atoms with Crippen LogP contribution in [0.15, 0.2) is 48.5 Å². The zero-order valence-electron chi connectivity index (χ0n) is 11.0. The van der Waals surface area contributed by atoms with E-state index in [1.54, 1.807) is 24.3 Å². The summed E-state index contributed by atoms with van der Waals surface area (Å²) in [5.74, 6) is 0.745. The summed E-state index contributed by atoms with van der Waals surface area (Å²) < 4.78 is 11.6.